The third-order valence-corrected chi connectivity index (χ3v) is 7.52. The molecule has 4 rings (SSSR count). The van der Waals surface area contributed by atoms with Gasteiger partial charge in [-0.25, -0.2) is 18.2 Å². The number of hydrogen-bond donors (Lipinski definition) is 3. The van der Waals surface area contributed by atoms with E-state index in [9.17, 15) is 13.2 Å². The molecule has 0 unspecified atom stereocenters. The number of carbonyl (C=O) groups excluding carboxylic acids is 1. The Labute approximate surface area is 196 Å². The third-order valence-electron chi connectivity index (χ3n) is 5.12. The number of rotatable bonds is 6. The van der Waals surface area contributed by atoms with Crippen molar-refractivity contribution in [2.45, 2.75) is 32.1 Å². The molecule has 1 aromatic heterocycles. The Kier molecular flexibility index (Phi) is 6.35. The molecule has 3 aromatic carbocycles. The quantitative estimate of drug-likeness (QED) is 0.319. The van der Waals surface area contributed by atoms with Gasteiger partial charge in [0.05, 0.1) is 15.1 Å². The molecule has 0 aliphatic heterocycles. The minimum Gasteiger partial charge on any atom is -0.308 e. The van der Waals surface area contributed by atoms with Gasteiger partial charge in [-0.3, -0.25) is 4.72 Å². The molecule has 0 aliphatic rings. The van der Waals surface area contributed by atoms with Crippen LogP contribution < -0.4 is 15.4 Å². The number of thiazole rings is 1. The molecule has 0 radical (unpaired) electrons. The van der Waals surface area contributed by atoms with Crippen LogP contribution in [0.15, 0.2) is 65.6 Å². The van der Waals surface area contributed by atoms with Crippen molar-refractivity contribution in [1.29, 1.82) is 0 Å². The molecule has 0 fully saturated rings. The summed E-state index contributed by atoms with van der Waals surface area (Å²) in [5.41, 5.74) is 4.98. The predicted octanol–water partition coefficient (Wildman–Crippen LogP) is 5.92. The molecule has 2 amide bonds. The Balaban J connectivity index is 1.51. The zero-order valence-corrected chi connectivity index (χ0v) is 20.1. The number of urea groups is 1. The van der Waals surface area contributed by atoms with Crippen molar-refractivity contribution >= 4 is 54.1 Å². The highest BCUT2D eigenvalue weighted by molar-refractivity contribution is 7.93. The molecule has 4 aromatic rings. The number of fused-ring (bicyclic) bond motifs is 1. The maximum absolute atomic E-state index is 12.7. The second kappa shape index (κ2) is 9.21. The van der Waals surface area contributed by atoms with E-state index in [0.29, 0.717) is 16.9 Å². The van der Waals surface area contributed by atoms with Gasteiger partial charge in [-0.05, 0) is 67.8 Å². The summed E-state index contributed by atoms with van der Waals surface area (Å²) in [6, 6.07) is 17.5. The lowest BCUT2D eigenvalue weighted by Gasteiger charge is -2.09. The highest BCUT2D eigenvalue weighted by Crippen LogP contribution is 2.32. The lowest BCUT2D eigenvalue weighted by Crippen LogP contribution is -2.19. The molecular weight excluding hydrogens is 456 g/mol. The van der Waals surface area contributed by atoms with Gasteiger partial charge in [0.15, 0.2) is 5.13 Å². The minimum atomic E-state index is -3.74. The molecule has 33 heavy (non-hydrogen) atoms. The predicted molar refractivity (Wildman–Crippen MR) is 135 cm³/mol. The molecule has 1 heterocycles. The largest absolute Gasteiger partial charge is 0.323 e. The maximum Gasteiger partial charge on any atom is 0.323 e. The number of aryl methyl sites for hydroxylation is 3. The SMILES string of the molecule is CCc1ccc(NC(=O)Nc2cc(C)c3nc(NS(=O)(=O)c4ccc(C)cc4)sc3c2)cc1. The van der Waals surface area contributed by atoms with E-state index in [1.165, 1.54) is 16.9 Å². The molecule has 0 bridgehead atoms. The van der Waals surface area contributed by atoms with Crippen LogP contribution in [0.5, 0.6) is 0 Å². The number of benzene rings is 3. The van der Waals surface area contributed by atoms with Gasteiger partial charge in [0, 0.05) is 11.4 Å². The van der Waals surface area contributed by atoms with Gasteiger partial charge >= 0.3 is 6.03 Å². The summed E-state index contributed by atoms with van der Waals surface area (Å²) in [5.74, 6) is 0. The fourth-order valence-corrected chi connectivity index (χ4v) is 5.54. The van der Waals surface area contributed by atoms with E-state index in [2.05, 4.69) is 27.3 Å². The first-order valence-corrected chi connectivity index (χ1v) is 12.7. The lowest BCUT2D eigenvalue weighted by molar-refractivity contribution is 0.262. The van der Waals surface area contributed by atoms with Gasteiger partial charge in [-0.1, -0.05) is 48.1 Å². The van der Waals surface area contributed by atoms with Crippen molar-refractivity contribution < 1.29 is 13.2 Å². The van der Waals surface area contributed by atoms with Crippen LogP contribution >= 0.6 is 11.3 Å². The normalized spacial score (nSPS) is 11.4. The van der Waals surface area contributed by atoms with E-state index >= 15 is 0 Å². The molecule has 9 heteroatoms. The average Bonchev–Trinajstić information content (AvgIpc) is 3.16. The van der Waals surface area contributed by atoms with Gasteiger partial charge in [-0.15, -0.1) is 0 Å². The van der Waals surface area contributed by atoms with E-state index < -0.39 is 10.0 Å². The Bertz CT molecular complexity index is 1410. The topological polar surface area (TPSA) is 100 Å². The summed E-state index contributed by atoms with van der Waals surface area (Å²) in [6.07, 6.45) is 0.934. The molecule has 170 valence electrons. The van der Waals surface area contributed by atoms with Crippen LogP contribution in [0.1, 0.15) is 23.6 Å². The molecule has 0 spiro atoms. The number of amides is 2. The maximum atomic E-state index is 12.7. The fraction of sp³-hybridized carbons (Fsp3) is 0.167. The Morgan fingerprint density at radius 3 is 2.27 bits per heavy atom. The first kappa shape index (κ1) is 22.8. The average molecular weight is 481 g/mol. The Hall–Kier alpha value is -3.43. The molecule has 3 N–H and O–H groups in total. The Morgan fingerprint density at radius 1 is 0.939 bits per heavy atom. The van der Waals surface area contributed by atoms with E-state index in [1.807, 2.05) is 38.1 Å². The second-order valence-corrected chi connectivity index (χ2v) is 10.4. The monoisotopic (exact) mass is 480 g/mol. The molecule has 0 atom stereocenters. The van der Waals surface area contributed by atoms with Crippen LogP contribution in [0.4, 0.5) is 21.3 Å². The summed E-state index contributed by atoms with van der Waals surface area (Å²) in [7, 11) is -3.74. The lowest BCUT2D eigenvalue weighted by atomic mass is 10.1. The van der Waals surface area contributed by atoms with Crippen molar-refractivity contribution in [2.24, 2.45) is 0 Å². The zero-order chi connectivity index (χ0) is 23.6. The second-order valence-electron chi connectivity index (χ2n) is 7.71. The number of aromatic nitrogens is 1. The summed E-state index contributed by atoms with van der Waals surface area (Å²) in [6.45, 7) is 5.84. The molecule has 7 nitrogen and oxygen atoms in total. The van der Waals surface area contributed by atoms with Crippen molar-refractivity contribution in [3.8, 4) is 0 Å². The number of sulfonamides is 1. The van der Waals surface area contributed by atoms with Gasteiger partial charge in [0.2, 0.25) is 0 Å². The van der Waals surface area contributed by atoms with E-state index in [0.717, 1.165) is 22.2 Å². The van der Waals surface area contributed by atoms with Crippen LogP contribution in [0.3, 0.4) is 0 Å². The number of carbonyl (C=O) groups is 1. The highest BCUT2D eigenvalue weighted by Gasteiger charge is 2.17. The van der Waals surface area contributed by atoms with E-state index in [-0.39, 0.29) is 16.1 Å². The van der Waals surface area contributed by atoms with Crippen LogP contribution in [0, 0.1) is 13.8 Å². The van der Waals surface area contributed by atoms with Crippen molar-refractivity contribution in [2.75, 3.05) is 15.4 Å². The van der Waals surface area contributed by atoms with Crippen molar-refractivity contribution in [1.82, 2.24) is 4.98 Å². The molecular formula is C24H24N4O3S2. The van der Waals surface area contributed by atoms with E-state index in [4.69, 9.17) is 0 Å². The number of nitrogens with one attached hydrogen (secondary N) is 3. The molecule has 0 saturated carbocycles. The van der Waals surface area contributed by atoms with Crippen LogP contribution in [-0.2, 0) is 16.4 Å². The number of hydrogen-bond acceptors (Lipinski definition) is 5. The third kappa shape index (κ3) is 5.32. The minimum absolute atomic E-state index is 0.176. The van der Waals surface area contributed by atoms with Gasteiger partial charge in [0.1, 0.15) is 0 Å². The number of anilines is 3. The van der Waals surface area contributed by atoms with Gasteiger partial charge in [-0.2, -0.15) is 0 Å². The van der Waals surface area contributed by atoms with Crippen LogP contribution in [-0.4, -0.2) is 19.4 Å². The van der Waals surface area contributed by atoms with Crippen molar-refractivity contribution in [3.05, 3.63) is 77.4 Å². The summed E-state index contributed by atoms with van der Waals surface area (Å²) >= 11 is 1.21. The summed E-state index contributed by atoms with van der Waals surface area (Å²) < 4.78 is 28.7. The van der Waals surface area contributed by atoms with Gasteiger partial charge < -0.3 is 10.6 Å². The van der Waals surface area contributed by atoms with Crippen molar-refractivity contribution in [3.63, 3.8) is 0 Å². The summed E-state index contributed by atoms with van der Waals surface area (Å²) in [5, 5.41) is 5.91. The fourth-order valence-electron chi connectivity index (χ4n) is 3.32. The van der Waals surface area contributed by atoms with Gasteiger partial charge in [0.25, 0.3) is 10.0 Å². The summed E-state index contributed by atoms with van der Waals surface area (Å²) in [4.78, 5) is 17.1. The highest BCUT2D eigenvalue weighted by atomic mass is 32.2. The first-order chi connectivity index (χ1) is 15.7. The molecule has 0 aliphatic carbocycles. The van der Waals surface area contributed by atoms with Crippen LogP contribution in [0.2, 0.25) is 0 Å². The molecule has 0 saturated heterocycles. The smallest absolute Gasteiger partial charge is 0.308 e. The standard InChI is InChI=1S/C24H24N4O3S2/c1-4-17-7-9-18(10-8-17)25-23(29)26-19-13-16(3)22-21(14-19)32-24(27-22)28-33(30,31)20-11-5-15(2)6-12-20/h5-14H,4H2,1-3H3,(H,27,28)(H2,25,26,29). The Morgan fingerprint density at radius 2 is 1.61 bits per heavy atom. The number of nitrogens with zero attached hydrogens (tertiary/aromatic N) is 1. The zero-order valence-electron chi connectivity index (χ0n) is 18.5. The van der Waals surface area contributed by atoms with E-state index in [1.54, 1.807) is 36.4 Å². The van der Waals surface area contributed by atoms with Crippen LogP contribution in [0.25, 0.3) is 10.2 Å². The first-order valence-electron chi connectivity index (χ1n) is 10.4.